The number of hydrogen-bond donors (Lipinski definition) is 3. The molecule has 2 aromatic rings. The summed E-state index contributed by atoms with van der Waals surface area (Å²) in [5.74, 6) is 0. The molecule has 7 heteroatoms. The van der Waals surface area contributed by atoms with Gasteiger partial charge in [0, 0.05) is 26.8 Å². The Balaban J connectivity index is 2.55. The molecule has 0 aliphatic rings. The molecule has 0 aliphatic carbocycles. The first-order valence-corrected chi connectivity index (χ1v) is 10.1. The largest absolute Gasteiger partial charge is 0.598 e. The van der Waals surface area contributed by atoms with E-state index in [9.17, 15) is 9.66 Å². The zero-order chi connectivity index (χ0) is 18.8. The van der Waals surface area contributed by atoms with E-state index in [1.54, 1.807) is 6.07 Å². The second-order valence-electron chi connectivity index (χ2n) is 6.56. The van der Waals surface area contributed by atoms with Gasteiger partial charge >= 0.3 is 0 Å². The number of halogens is 2. The maximum atomic E-state index is 12.3. The Kier molecular flexibility index (Phi) is 7.13. The minimum Gasteiger partial charge on any atom is -0.598 e. The average molecular weight is 418 g/mol. The van der Waals surface area contributed by atoms with E-state index in [1.807, 2.05) is 45.0 Å². The molecule has 1 atom stereocenters. The number of rotatable bonds is 5. The predicted molar refractivity (Wildman–Crippen MR) is 110 cm³/mol. The molecule has 2 N–H and O–H groups in total. The third-order valence-electron chi connectivity index (χ3n) is 3.69. The number of aliphatic hydroxyl groups is 1. The average Bonchev–Trinajstić information content (AvgIpc) is 2.55. The number of thiol groups is 1. The Morgan fingerprint density at radius 2 is 1.88 bits per heavy atom. The van der Waals surface area contributed by atoms with Crippen molar-refractivity contribution in [3.63, 3.8) is 0 Å². The second kappa shape index (κ2) is 8.53. The molecular weight excluding hydrogens is 397 g/mol. The Labute approximate surface area is 167 Å². The molecule has 0 amide bonds. The molecule has 0 bridgehead atoms. The summed E-state index contributed by atoms with van der Waals surface area (Å²) in [6, 6.07) is 9.10. The summed E-state index contributed by atoms with van der Waals surface area (Å²) in [5.41, 5.74) is 2.94. The minimum atomic E-state index is -1.25. The predicted octanol–water partition coefficient (Wildman–Crippen LogP) is 4.99. The van der Waals surface area contributed by atoms with Crippen LogP contribution in [0.4, 0.5) is 0 Å². The van der Waals surface area contributed by atoms with Gasteiger partial charge in [-0.2, -0.15) is 0 Å². The van der Waals surface area contributed by atoms with Gasteiger partial charge in [0.05, 0.1) is 18.2 Å². The molecule has 0 aliphatic heterocycles. The van der Waals surface area contributed by atoms with Gasteiger partial charge < -0.3 is 9.66 Å². The minimum absolute atomic E-state index is 0.123. The van der Waals surface area contributed by atoms with Crippen LogP contribution < -0.4 is 4.72 Å². The summed E-state index contributed by atoms with van der Waals surface area (Å²) >= 11 is 16.1. The van der Waals surface area contributed by atoms with E-state index in [0.29, 0.717) is 20.5 Å². The Morgan fingerprint density at radius 1 is 1.24 bits per heavy atom. The van der Waals surface area contributed by atoms with Gasteiger partial charge in [-0.15, -0.1) is 17.4 Å². The highest BCUT2D eigenvalue weighted by Crippen LogP contribution is 2.41. The van der Waals surface area contributed by atoms with Crippen LogP contribution in [0.2, 0.25) is 10.0 Å². The number of hydrogen-bond acceptors (Lipinski definition) is 4. The summed E-state index contributed by atoms with van der Waals surface area (Å²) < 4.78 is 15.0. The van der Waals surface area contributed by atoms with E-state index in [2.05, 4.69) is 17.4 Å². The highest BCUT2D eigenvalue weighted by atomic mass is 35.5. The number of nitrogens with one attached hydrogen (secondary N) is 1. The lowest BCUT2D eigenvalue weighted by molar-refractivity contribution is 0.282. The van der Waals surface area contributed by atoms with Crippen LogP contribution in [0, 0.1) is 0 Å². The van der Waals surface area contributed by atoms with Gasteiger partial charge in [-0.1, -0.05) is 47.5 Å². The fraction of sp³-hybridized carbons (Fsp3) is 0.333. The van der Waals surface area contributed by atoms with E-state index in [0.717, 1.165) is 16.7 Å². The summed E-state index contributed by atoms with van der Waals surface area (Å²) in [6.45, 7) is 5.84. The molecular formula is C18H21Cl2NO2S2. The van der Waals surface area contributed by atoms with Gasteiger partial charge in [0.2, 0.25) is 0 Å². The van der Waals surface area contributed by atoms with Crippen LogP contribution in [0.15, 0.2) is 35.2 Å². The van der Waals surface area contributed by atoms with Crippen molar-refractivity contribution < 1.29 is 9.66 Å². The van der Waals surface area contributed by atoms with Crippen LogP contribution in [-0.4, -0.2) is 14.4 Å². The molecule has 136 valence electrons. The molecule has 0 saturated carbocycles. The molecule has 0 saturated heterocycles. The van der Waals surface area contributed by atoms with Crippen LogP contribution in [0.3, 0.4) is 0 Å². The molecule has 3 nitrogen and oxygen atoms in total. The van der Waals surface area contributed by atoms with Crippen LogP contribution in [0.5, 0.6) is 0 Å². The normalized spacial score (nSPS) is 13.1. The topological polar surface area (TPSA) is 55.3 Å². The van der Waals surface area contributed by atoms with Crippen molar-refractivity contribution in [2.45, 2.75) is 43.6 Å². The maximum absolute atomic E-state index is 12.3. The molecule has 0 spiro atoms. The Morgan fingerprint density at radius 3 is 2.48 bits per heavy atom. The SMILES string of the molecule is CC(C)(C)[S+]([O-])NCc1c(Cl)cc(S)c(Cl)c1-c1ccccc1CO. The maximum Gasteiger partial charge on any atom is 0.136 e. The first-order chi connectivity index (χ1) is 11.7. The van der Waals surface area contributed by atoms with Crippen molar-refractivity contribution in [2.24, 2.45) is 0 Å². The van der Waals surface area contributed by atoms with Gasteiger partial charge in [0.25, 0.3) is 0 Å². The lowest BCUT2D eigenvalue weighted by Crippen LogP contribution is -2.39. The molecule has 0 aromatic heterocycles. The number of benzene rings is 2. The zero-order valence-corrected chi connectivity index (χ0v) is 17.5. The van der Waals surface area contributed by atoms with Gasteiger partial charge in [-0.3, -0.25) is 0 Å². The lowest BCUT2D eigenvalue weighted by Gasteiger charge is -2.25. The van der Waals surface area contributed by atoms with E-state index >= 15 is 0 Å². The van der Waals surface area contributed by atoms with Crippen molar-refractivity contribution in [1.82, 2.24) is 4.72 Å². The van der Waals surface area contributed by atoms with Gasteiger partial charge in [-0.05, 0) is 43.5 Å². The fourth-order valence-electron chi connectivity index (χ4n) is 2.36. The van der Waals surface area contributed by atoms with Crippen molar-refractivity contribution in [3.05, 3.63) is 51.5 Å². The van der Waals surface area contributed by atoms with Gasteiger partial charge in [-0.25, -0.2) is 0 Å². The van der Waals surface area contributed by atoms with Crippen LogP contribution in [0.1, 0.15) is 31.9 Å². The number of aliphatic hydroxyl groups excluding tert-OH is 1. The van der Waals surface area contributed by atoms with Crippen LogP contribution >= 0.6 is 35.8 Å². The molecule has 0 radical (unpaired) electrons. The van der Waals surface area contributed by atoms with Crippen LogP contribution in [0.25, 0.3) is 11.1 Å². The standard InChI is InChI=1S/C18H21Cl2NO2S2/c1-18(2,3)25(23)21-9-13-14(19)8-15(24)17(20)16(13)12-7-5-4-6-11(12)10-22/h4-8,21-22,24H,9-10H2,1-3H3. The van der Waals surface area contributed by atoms with E-state index in [1.165, 1.54) is 0 Å². The molecule has 0 heterocycles. The van der Waals surface area contributed by atoms with Gasteiger partial charge in [0.1, 0.15) is 4.75 Å². The monoisotopic (exact) mass is 417 g/mol. The Hall–Kier alpha value is -0.400. The summed E-state index contributed by atoms with van der Waals surface area (Å²) in [7, 11) is 0. The highest BCUT2D eigenvalue weighted by Gasteiger charge is 2.27. The van der Waals surface area contributed by atoms with Crippen molar-refractivity contribution >= 4 is 47.2 Å². The zero-order valence-electron chi connectivity index (χ0n) is 14.3. The summed E-state index contributed by atoms with van der Waals surface area (Å²) in [4.78, 5) is 0.551. The van der Waals surface area contributed by atoms with E-state index < -0.39 is 16.1 Å². The van der Waals surface area contributed by atoms with Crippen molar-refractivity contribution in [2.75, 3.05) is 0 Å². The fourth-order valence-corrected chi connectivity index (χ4v) is 3.93. The smallest absolute Gasteiger partial charge is 0.136 e. The van der Waals surface area contributed by atoms with Crippen molar-refractivity contribution in [1.29, 1.82) is 0 Å². The first-order valence-electron chi connectivity index (χ1n) is 7.71. The third kappa shape index (κ3) is 4.86. The quantitative estimate of drug-likeness (QED) is 0.474. The molecule has 1 unspecified atom stereocenters. The molecule has 2 aromatic carbocycles. The third-order valence-corrected chi connectivity index (χ3v) is 6.42. The second-order valence-corrected chi connectivity index (χ2v) is 9.88. The highest BCUT2D eigenvalue weighted by molar-refractivity contribution is 7.90. The Bertz CT molecular complexity index is 763. The van der Waals surface area contributed by atoms with Crippen LogP contribution in [-0.2, 0) is 24.5 Å². The van der Waals surface area contributed by atoms with E-state index in [-0.39, 0.29) is 13.2 Å². The first kappa shape index (κ1) is 20.9. The summed E-state index contributed by atoms with van der Waals surface area (Å²) in [6.07, 6.45) is 0. The molecule has 0 fully saturated rings. The summed E-state index contributed by atoms with van der Waals surface area (Å²) in [5, 5.41) is 10.6. The van der Waals surface area contributed by atoms with Gasteiger partial charge in [0.15, 0.2) is 0 Å². The lowest BCUT2D eigenvalue weighted by atomic mass is 9.95. The van der Waals surface area contributed by atoms with E-state index in [4.69, 9.17) is 23.2 Å². The molecule has 25 heavy (non-hydrogen) atoms. The molecule has 2 rings (SSSR count). The van der Waals surface area contributed by atoms with Crippen molar-refractivity contribution in [3.8, 4) is 11.1 Å².